The van der Waals surface area contributed by atoms with Gasteiger partial charge in [0.2, 0.25) is 0 Å². The van der Waals surface area contributed by atoms with Gasteiger partial charge in [0.1, 0.15) is 5.03 Å². The highest BCUT2D eigenvalue weighted by molar-refractivity contribution is 9.10. The molecule has 4 heteroatoms. The zero-order chi connectivity index (χ0) is 14.4. The Morgan fingerprint density at radius 2 is 2.15 bits per heavy atom. The molecule has 1 aromatic heterocycles. The van der Waals surface area contributed by atoms with Crippen molar-refractivity contribution in [3.8, 4) is 0 Å². The molecule has 0 amide bonds. The molecule has 2 rings (SSSR count). The first kappa shape index (κ1) is 15.5. The van der Waals surface area contributed by atoms with Crippen LogP contribution in [0.25, 0.3) is 0 Å². The first-order chi connectivity index (χ1) is 9.69. The quantitative estimate of drug-likeness (QED) is 0.788. The van der Waals surface area contributed by atoms with Crippen molar-refractivity contribution >= 4 is 27.7 Å². The monoisotopic (exact) mass is 350 g/mol. The van der Waals surface area contributed by atoms with Crippen LogP contribution in [0.5, 0.6) is 0 Å². The summed E-state index contributed by atoms with van der Waals surface area (Å²) in [5.74, 6) is 0. The van der Waals surface area contributed by atoms with Crippen LogP contribution in [0.15, 0.2) is 57.0 Å². The summed E-state index contributed by atoms with van der Waals surface area (Å²) in [6, 6.07) is 12.9. The summed E-state index contributed by atoms with van der Waals surface area (Å²) >= 11 is 5.19. The van der Waals surface area contributed by atoms with Gasteiger partial charge in [0.15, 0.2) is 0 Å². The maximum atomic E-state index is 4.45. The minimum absolute atomic E-state index is 0.361. The average Bonchev–Trinajstić information content (AvgIpc) is 2.45. The van der Waals surface area contributed by atoms with Crippen LogP contribution in [0.2, 0.25) is 0 Å². The number of hydrogen-bond acceptors (Lipinski definition) is 3. The predicted octanol–water partition coefficient (Wildman–Crippen LogP) is 5.06. The van der Waals surface area contributed by atoms with Crippen LogP contribution in [0, 0.1) is 0 Å². The number of aromatic nitrogens is 1. The van der Waals surface area contributed by atoms with Crippen LogP contribution < -0.4 is 5.32 Å². The molecule has 0 saturated carbocycles. The average molecular weight is 351 g/mol. The van der Waals surface area contributed by atoms with Gasteiger partial charge in [0, 0.05) is 21.6 Å². The van der Waals surface area contributed by atoms with Gasteiger partial charge in [0.25, 0.3) is 0 Å². The summed E-state index contributed by atoms with van der Waals surface area (Å²) in [7, 11) is 0. The normalized spacial score (nSPS) is 12.3. The largest absolute Gasteiger partial charge is 0.310 e. The van der Waals surface area contributed by atoms with Crippen LogP contribution in [-0.2, 0) is 0 Å². The predicted molar refractivity (Wildman–Crippen MR) is 89.2 cm³/mol. The van der Waals surface area contributed by atoms with E-state index < -0.39 is 0 Å². The molecule has 0 saturated heterocycles. The lowest BCUT2D eigenvalue weighted by atomic mass is 10.1. The smallest absolute Gasteiger partial charge is 0.101 e. The molecular weight excluding hydrogens is 332 g/mol. The van der Waals surface area contributed by atoms with Gasteiger partial charge in [0.05, 0.1) is 0 Å². The van der Waals surface area contributed by atoms with Crippen LogP contribution in [-0.4, -0.2) is 11.5 Å². The van der Waals surface area contributed by atoms with Crippen molar-refractivity contribution < 1.29 is 0 Å². The highest BCUT2D eigenvalue weighted by atomic mass is 79.9. The van der Waals surface area contributed by atoms with Crippen molar-refractivity contribution in [3.63, 3.8) is 0 Å². The van der Waals surface area contributed by atoms with Crippen molar-refractivity contribution in [1.29, 1.82) is 0 Å². The number of hydrogen-bond donors (Lipinski definition) is 1. The van der Waals surface area contributed by atoms with Crippen molar-refractivity contribution in [2.45, 2.75) is 36.2 Å². The minimum atomic E-state index is 0.361. The Kier molecular flexibility index (Phi) is 6.07. The van der Waals surface area contributed by atoms with E-state index in [1.807, 2.05) is 18.3 Å². The van der Waals surface area contributed by atoms with Crippen LogP contribution >= 0.6 is 27.7 Å². The summed E-state index contributed by atoms with van der Waals surface area (Å²) in [5.41, 5.74) is 1.28. The van der Waals surface area contributed by atoms with Gasteiger partial charge >= 0.3 is 0 Å². The van der Waals surface area contributed by atoms with E-state index in [0.29, 0.717) is 6.04 Å². The highest BCUT2D eigenvalue weighted by Gasteiger charge is 2.06. The Balaban J connectivity index is 2.09. The van der Waals surface area contributed by atoms with Crippen LogP contribution in [0.3, 0.4) is 0 Å². The zero-order valence-corrected chi connectivity index (χ0v) is 14.2. The molecule has 0 spiro atoms. The fourth-order valence-electron chi connectivity index (χ4n) is 1.88. The van der Waals surface area contributed by atoms with Crippen LogP contribution in [0.4, 0.5) is 0 Å². The van der Waals surface area contributed by atoms with E-state index in [1.54, 1.807) is 11.8 Å². The molecule has 20 heavy (non-hydrogen) atoms. The molecule has 0 aliphatic heterocycles. The first-order valence-electron chi connectivity index (χ1n) is 6.82. The van der Waals surface area contributed by atoms with E-state index in [1.165, 1.54) is 10.5 Å². The molecule has 1 unspecified atom stereocenters. The molecule has 0 fully saturated rings. The summed E-state index contributed by atoms with van der Waals surface area (Å²) in [5, 5.41) is 4.54. The molecule has 1 N–H and O–H groups in total. The van der Waals surface area contributed by atoms with Gasteiger partial charge in [-0.05, 0) is 55.8 Å². The van der Waals surface area contributed by atoms with Gasteiger partial charge in [-0.15, -0.1) is 0 Å². The van der Waals surface area contributed by atoms with E-state index in [4.69, 9.17) is 0 Å². The Morgan fingerprint density at radius 3 is 2.90 bits per heavy atom. The number of nitrogens with one attached hydrogen (secondary N) is 1. The Bertz CT molecular complexity index is 560. The summed E-state index contributed by atoms with van der Waals surface area (Å²) in [6.45, 7) is 5.41. The summed E-state index contributed by atoms with van der Waals surface area (Å²) in [4.78, 5) is 5.64. The van der Waals surface area contributed by atoms with E-state index >= 15 is 0 Å². The first-order valence-corrected chi connectivity index (χ1v) is 8.42. The number of nitrogens with zero attached hydrogens (tertiary/aromatic N) is 1. The van der Waals surface area contributed by atoms with E-state index in [-0.39, 0.29) is 0 Å². The third-order valence-electron chi connectivity index (χ3n) is 2.98. The maximum absolute atomic E-state index is 4.45. The molecule has 0 radical (unpaired) electrons. The van der Waals surface area contributed by atoms with E-state index in [0.717, 1.165) is 22.5 Å². The molecule has 1 heterocycles. The summed E-state index contributed by atoms with van der Waals surface area (Å²) < 4.78 is 1.09. The lowest BCUT2D eigenvalue weighted by Crippen LogP contribution is -2.19. The lowest BCUT2D eigenvalue weighted by molar-refractivity contribution is 0.569. The maximum Gasteiger partial charge on any atom is 0.101 e. The lowest BCUT2D eigenvalue weighted by Gasteiger charge is -2.14. The number of halogens is 1. The van der Waals surface area contributed by atoms with Crippen LogP contribution in [0.1, 0.15) is 31.9 Å². The molecule has 2 nitrogen and oxygen atoms in total. The van der Waals surface area contributed by atoms with Crippen molar-refractivity contribution in [2.75, 3.05) is 6.54 Å². The van der Waals surface area contributed by atoms with E-state index in [2.05, 4.69) is 64.3 Å². The van der Waals surface area contributed by atoms with Gasteiger partial charge in [-0.3, -0.25) is 0 Å². The second kappa shape index (κ2) is 7.81. The van der Waals surface area contributed by atoms with Crippen molar-refractivity contribution in [2.24, 2.45) is 0 Å². The van der Waals surface area contributed by atoms with Gasteiger partial charge in [-0.2, -0.15) is 0 Å². The molecule has 1 atom stereocenters. The zero-order valence-electron chi connectivity index (χ0n) is 11.8. The second-order valence-electron chi connectivity index (χ2n) is 4.66. The number of rotatable bonds is 6. The fourth-order valence-corrected chi connectivity index (χ4v) is 3.31. The van der Waals surface area contributed by atoms with Gasteiger partial charge in [-0.25, -0.2) is 4.98 Å². The highest BCUT2D eigenvalue weighted by Crippen LogP contribution is 2.29. The third kappa shape index (κ3) is 4.62. The number of benzene rings is 1. The van der Waals surface area contributed by atoms with Gasteiger partial charge in [-0.1, -0.05) is 40.7 Å². The van der Waals surface area contributed by atoms with Gasteiger partial charge < -0.3 is 5.32 Å². The number of pyridine rings is 1. The topological polar surface area (TPSA) is 24.9 Å². The van der Waals surface area contributed by atoms with Crippen molar-refractivity contribution in [1.82, 2.24) is 10.3 Å². The fraction of sp³-hybridized carbons (Fsp3) is 0.312. The Labute approximate surface area is 133 Å². The Hall–Kier alpha value is -0.840. The second-order valence-corrected chi connectivity index (χ2v) is 6.67. The molecule has 0 aliphatic carbocycles. The standard InChI is InChI=1S/C16H19BrN2S/c1-3-8-18-12(2)13-7-9-19-16(10-13)20-15-6-4-5-14(17)11-15/h4-7,9-12,18H,3,8H2,1-2H3. The third-order valence-corrected chi connectivity index (χ3v) is 4.39. The molecule has 0 aliphatic rings. The molecule has 1 aromatic carbocycles. The Morgan fingerprint density at radius 1 is 1.30 bits per heavy atom. The molecular formula is C16H19BrN2S. The molecule has 106 valence electrons. The SMILES string of the molecule is CCCNC(C)c1ccnc(Sc2cccc(Br)c2)c1. The molecule has 2 aromatic rings. The summed E-state index contributed by atoms with van der Waals surface area (Å²) in [6.07, 6.45) is 3.04. The minimum Gasteiger partial charge on any atom is -0.310 e. The van der Waals surface area contributed by atoms with E-state index in [9.17, 15) is 0 Å². The van der Waals surface area contributed by atoms with Crippen molar-refractivity contribution in [3.05, 3.63) is 52.6 Å². The molecule has 0 bridgehead atoms.